The fourth-order valence-electron chi connectivity index (χ4n) is 3.39. The monoisotopic (exact) mass is 362 g/mol. The van der Waals surface area contributed by atoms with Gasteiger partial charge in [-0.3, -0.25) is 4.68 Å². The number of hydrogen-bond acceptors (Lipinski definition) is 4. The van der Waals surface area contributed by atoms with Gasteiger partial charge in [-0.25, -0.2) is 14.8 Å². The van der Waals surface area contributed by atoms with E-state index in [0.29, 0.717) is 18.3 Å². The second kappa shape index (κ2) is 7.19. The summed E-state index contributed by atoms with van der Waals surface area (Å²) in [5.41, 5.74) is 3.72. The highest BCUT2D eigenvalue weighted by Gasteiger charge is 2.28. The van der Waals surface area contributed by atoms with Crippen LogP contribution in [0.5, 0.6) is 0 Å². The molecule has 1 unspecified atom stereocenters. The van der Waals surface area contributed by atoms with Crippen LogP contribution in [0.2, 0.25) is 0 Å². The van der Waals surface area contributed by atoms with Gasteiger partial charge >= 0.3 is 6.03 Å². The Morgan fingerprint density at radius 3 is 2.96 bits per heavy atom. The Bertz CT molecular complexity index is 966. The van der Waals surface area contributed by atoms with Crippen molar-refractivity contribution in [3.63, 3.8) is 0 Å². The lowest BCUT2D eigenvalue weighted by atomic mass is 10.0. The molecule has 1 atom stereocenters. The molecule has 0 radical (unpaired) electrons. The summed E-state index contributed by atoms with van der Waals surface area (Å²) >= 11 is 0. The molecule has 0 spiro atoms. The second-order valence-electron chi connectivity index (χ2n) is 6.91. The fourth-order valence-corrected chi connectivity index (χ4v) is 3.39. The third-order valence-corrected chi connectivity index (χ3v) is 4.84. The number of urea groups is 1. The maximum atomic E-state index is 12.7. The molecular formula is C20H22N6O. The van der Waals surface area contributed by atoms with Gasteiger partial charge in [0, 0.05) is 55.4 Å². The number of carbonyl (C=O) groups is 1. The predicted octanol–water partition coefficient (Wildman–Crippen LogP) is 3.21. The average molecular weight is 362 g/mol. The quantitative estimate of drug-likeness (QED) is 0.776. The third kappa shape index (κ3) is 3.81. The van der Waals surface area contributed by atoms with Crippen molar-refractivity contribution in [2.75, 3.05) is 18.4 Å². The smallest absolute Gasteiger partial charge is 0.321 e. The van der Waals surface area contributed by atoms with Gasteiger partial charge < -0.3 is 10.2 Å². The first-order valence-corrected chi connectivity index (χ1v) is 9.03. The van der Waals surface area contributed by atoms with Crippen LogP contribution in [-0.2, 0) is 7.05 Å². The Balaban J connectivity index is 1.43. The van der Waals surface area contributed by atoms with Gasteiger partial charge in [-0.1, -0.05) is 12.1 Å². The second-order valence-corrected chi connectivity index (χ2v) is 6.91. The van der Waals surface area contributed by atoms with Crippen LogP contribution < -0.4 is 5.32 Å². The van der Waals surface area contributed by atoms with E-state index in [4.69, 9.17) is 0 Å². The van der Waals surface area contributed by atoms with Crippen molar-refractivity contribution in [2.45, 2.75) is 19.3 Å². The summed E-state index contributed by atoms with van der Waals surface area (Å²) < 4.78 is 1.80. The van der Waals surface area contributed by atoms with E-state index < -0.39 is 0 Å². The highest BCUT2D eigenvalue weighted by Crippen LogP contribution is 2.27. The van der Waals surface area contributed by atoms with E-state index >= 15 is 0 Å². The number of anilines is 1. The van der Waals surface area contributed by atoms with E-state index in [1.165, 1.54) is 5.56 Å². The number of benzene rings is 1. The summed E-state index contributed by atoms with van der Waals surface area (Å²) in [7, 11) is 1.91. The molecule has 7 heteroatoms. The number of nitrogens with zero attached hydrogens (tertiary/aromatic N) is 5. The Morgan fingerprint density at radius 2 is 2.19 bits per heavy atom. The van der Waals surface area contributed by atoms with Crippen LogP contribution in [0, 0.1) is 6.92 Å². The highest BCUT2D eigenvalue weighted by atomic mass is 16.2. The zero-order valence-electron chi connectivity index (χ0n) is 15.5. The molecule has 1 fully saturated rings. The number of likely N-dealkylation sites (tertiary alicyclic amines) is 1. The Morgan fingerprint density at radius 1 is 1.30 bits per heavy atom. The summed E-state index contributed by atoms with van der Waals surface area (Å²) in [6.07, 6.45) is 6.61. The molecule has 1 N–H and O–H groups in total. The number of hydrogen-bond donors (Lipinski definition) is 1. The molecule has 1 aliphatic heterocycles. The van der Waals surface area contributed by atoms with Crippen LogP contribution >= 0.6 is 0 Å². The number of carbonyl (C=O) groups excluding carboxylic acids is 1. The standard InChI is InChI=1S/C20H22N6O/c1-14-6-8-21-19(23-14)15-4-3-5-18(10-15)24-20(27)26-9-7-16(13-26)17-11-22-25(2)12-17/h3-6,8,10-12,16H,7,9,13H2,1-2H3,(H,24,27). The Labute approximate surface area is 158 Å². The Hall–Kier alpha value is -3.22. The Kier molecular flexibility index (Phi) is 4.58. The molecule has 1 saturated heterocycles. The first kappa shape index (κ1) is 17.2. The normalized spacial score (nSPS) is 16.5. The fraction of sp³-hybridized carbons (Fsp3) is 0.300. The van der Waals surface area contributed by atoms with Crippen LogP contribution in [0.4, 0.5) is 10.5 Å². The van der Waals surface area contributed by atoms with Crippen molar-refractivity contribution in [2.24, 2.45) is 7.05 Å². The molecule has 4 rings (SSSR count). The van der Waals surface area contributed by atoms with Crippen molar-refractivity contribution in [1.82, 2.24) is 24.6 Å². The molecule has 0 bridgehead atoms. The molecule has 138 valence electrons. The minimum absolute atomic E-state index is 0.0799. The van der Waals surface area contributed by atoms with Gasteiger partial charge in [0.2, 0.25) is 0 Å². The summed E-state index contributed by atoms with van der Waals surface area (Å²) in [4.78, 5) is 23.3. The summed E-state index contributed by atoms with van der Waals surface area (Å²) in [5, 5.41) is 7.23. The molecule has 3 heterocycles. The lowest BCUT2D eigenvalue weighted by Crippen LogP contribution is -2.32. The van der Waals surface area contributed by atoms with Crippen LogP contribution in [0.3, 0.4) is 0 Å². The SMILES string of the molecule is Cc1ccnc(-c2cccc(NC(=O)N3CCC(c4cnn(C)c4)C3)c2)n1. The van der Waals surface area contributed by atoms with Crippen LogP contribution in [0.1, 0.15) is 23.6 Å². The van der Waals surface area contributed by atoms with Gasteiger partial charge in [-0.15, -0.1) is 0 Å². The zero-order valence-corrected chi connectivity index (χ0v) is 15.5. The van der Waals surface area contributed by atoms with Gasteiger partial charge in [0.05, 0.1) is 6.20 Å². The maximum Gasteiger partial charge on any atom is 0.321 e. The van der Waals surface area contributed by atoms with E-state index in [-0.39, 0.29) is 6.03 Å². The molecule has 2 amide bonds. The number of amides is 2. The minimum atomic E-state index is -0.0799. The van der Waals surface area contributed by atoms with Crippen molar-refractivity contribution in [1.29, 1.82) is 0 Å². The maximum absolute atomic E-state index is 12.7. The average Bonchev–Trinajstić information content (AvgIpc) is 3.31. The summed E-state index contributed by atoms with van der Waals surface area (Å²) in [5.74, 6) is 1.00. The number of nitrogens with one attached hydrogen (secondary N) is 1. The van der Waals surface area contributed by atoms with Crippen molar-refractivity contribution >= 4 is 11.7 Å². The van der Waals surface area contributed by atoms with E-state index in [1.807, 2.05) is 61.6 Å². The molecule has 0 saturated carbocycles. The van der Waals surface area contributed by atoms with E-state index in [2.05, 4.69) is 20.4 Å². The molecule has 27 heavy (non-hydrogen) atoms. The third-order valence-electron chi connectivity index (χ3n) is 4.84. The molecule has 0 aliphatic carbocycles. The molecule has 1 aromatic carbocycles. The first-order chi connectivity index (χ1) is 13.1. The molecule has 1 aliphatic rings. The van der Waals surface area contributed by atoms with Gasteiger partial charge in [0.25, 0.3) is 0 Å². The molecule has 2 aromatic heterocycles. The van der Waals surface area contributed by atoms with Crippen LogP contribution in [-0.4, -0.2) is 43.8 Å². The van der Waals surface area contributed by atoms with Gasteiger partial charge in [0.15, 0.2) is 5.82 Å². The lowest BCUT2D eigenvalue weighted by Gasteiger charge is -2.17. The molecule has 7 nitrogen and oxygen atoms in total. The first-order valence-electron chi connectivity index (χ1n) is 9.03. The topological polar surface area (TPSA) is 75.9 Å². The van der Waals surface area contributed by atoms with Gasteiger partial charge in [0.1, 0.15) is 0 Å². The summed E-state index contributed by atoms with van der Waals surface area (Å²) in [6.45, 7) is 3.38. The van der Waals surface area contributed by atoms with Crippen LogP contribution in [0.25, 0.3) is 11.4 Å². The zero-order chi connectivity index (χ0) is 18.8. The predicted molar refractivity (Wildman–Crippen MR) is 103 cm³/mol. The number of aryl methyl sites for hydroxylation is 2. The number of rotatable bonds is 3. The lowest BCUT2D eigenvalue weighted by molar-refractivity contribution is 0.222. The van der Waals surface area contributed by atoms with Gasteiger partial charge in [-0.05, 0) is 37.1 Å². The molecular weight excluding hydrogens is 340 g/mol. The van der Waals surface area contributed by atoms with E-state index in [0.717, 1.165) is 29.9 Å². The largest absolute Gasteiger partial charge is 0.324 e. The number of aromatic nitrogens is 4. The van der Waals surface area contributed by atoms with Crippen molar-refractivity contribution in [3.05, 3.63) is 60.2 Å². The summed E-state index contributed by atoms with van der Waals surface area (Å²) in [6, 6.07) is 9.41. The van der Waals surface area contributed by atoms with Gasteiger partial charge in [-0.2, -0.15) is 5.10 Å². The molecule has 3 aromatic rings. The van der Waals surface area contributed by atoms with Crippen molar-refractivity contribution < 1.29 is 4.79 Å². The van der Waals surface area contributed by atoms with E-state index in [1.54, 1.807) is 10.9 Å². The van der Waals surface area contributed by atoms with Crippen molar-refractivity contribution in [3.8, 4) is 11.4 Å². The van der Waals surface area contributed by atoms with E-state index in [9.17, 15) is 4.79 Å². The highest BCUT2D eigenvalue weighted by molar-refractivity contribution is 5.90. The minimum Gasteiger partial charge on any atom is -0.324 e. The van der Waals surface area contributed by atoms with Crippen LogP contribution in [0.15, 0.2) is 48.9 Å².